The van der Waals surface area contributed by atoms with Crippen LogP contribution in [0.15, 0.2) is 0 Å². The Hall–Kier alpha value is 0.230. The molecule has 1 saturated heterocycles. The third kappa shape index (κ3) is 3.60. The monoisotopic (exact) mass is 262 g/mol. The molecule has 0 aromatic heterocycles. The fourth-order valence-electron chi connectivity index (χ4n) is 1.41. The van der Waals surface area contributed by atoms with Gasteiger partial charge in [0.2, 0.25) is 0 Å². The van der Waals surface area contributed by atoms with Crippen LogP contribution in [0, 0.1) is 0 Å². The van der Waals surface area contributed by atoms with Crippen LogP contribution >= 0.6 is 0 Å². The topological polar surface area (TPSA) is 137 Å². The van der Waals surface area contributed by atoms with E-state index in [1.807, 2.05) is 0 Å². The fourth-order valence-corrected chi connectivity index (χ4v) is 1.41. The fraction of sp³-hybridized carbons (Fsp3) is 0.875. The van der Waals surface area contributed by atoms with Crippen molar-refractivity contribution in [2.24, 2.45) is 0 Å². The van der Waals surface area contributed by atoms with Crippen molar-refractivity contribution in [1.82, 2.24) is 0 Å². The van der Waals surface area contributed by atoms with E-state index in [0.717, 1.165) is 6.92 Å². The first-order chi connectivity index (χ1) is 7.31. The molecule has 0 aromatic rings. The zero-order chi connectivity index (χ0) is 12.5. The molecule has 1 aliphatic rings. The summed E-state index contributed by atoms with van der Waals surface area (Å²) in [6, 6.07) is 0. The number of rotatable bonds is 2. The molecule has 0 aliphatic carbocycles. The number of hydrogen-bond donors (Lipinski definition) is 5. The molecule has 96 valence electrons. The Bertz CT molecular complexity index is 272. The van der Waals surface area contributed by atoms with Gasteiger partial charge in [0, 0.05) is 6.92 Å². The van der Waals surface area contributed by atoms with Gasteiger partial charge in [-0.3, -0.25) is 4.79 Å². The van der Waals surface area contributed by atoms with Crippen LogP contribution in [-0.2, 0) is 14.3 Å². The number of carbonyl (C=O) groups excluding carboxylic acids is 1. The number of aliphatic hydroxyl groups excluding tert-OH is 4. The average molecular weight is 262 g/mol. The normalized spacial score (nSPS) is 41.5. The summed E-state index contributed by atoms with van der Waals surface area (Å²) in [7, 11) is 0. The van der Waals surface area contributed by atoms with Gasteiger partial charge in [-0.2, -0.15) is 0 Å². The standard InChI is InChI=1S/C8H14O8.Na.H/c1-3(10)15-8(14)7(13)6(12)5(11)4(2-9)16-8;;/h4-7,9,11-14H,2H2,1H3;;/t4-,5-,6+,7-,8-;;/m1../s1. The summed E-state index contributed by atoms with van der Waals surface area (Å²) in [6.07, 6.45) is -6.82. The second kappa shape index (κ2) is 6.41. The van der Waals surface area contributed by atoms with Gasteiger partial charge in [-0.05, 0) is 0 Å². The molecule has 1 rings (SSSR count). The Balaban J connectivity index is 0.00000256. The molecule has 1 fully saturated rings. The van der Waals surface area contributed by atoms with E-state index in [1.54, 1.807) is 0 Å². The SMILES string of the molecule is CC(=O)O[C@@]1(O)O[C@H](CO)[C@@H](O)[C@H](O)[C@H]1O.[NaH]. The Morgan fingerprint density at radius 1 is 1.35 bits per heavy atom. The molecule has 0 aromatic carbocycles. The van der Waals surface area contributed by atoms with Crippen LogP contribution < -0.4 is 0 Å². The van der Waals surface area contributed by atoms with Crippen molar-refractivity contribution in [2.45, 2.75) is 37.3 Å². The summed E-state index contributed by atoms with van der Waals surface area (Å²) in [5, 5.41) is 46.5. The van der Waals surface area contributed by atoms with Crippen LogP contribution in [0.3, 0.4) is 0 Å². The number of carbonyl (C=O) groups is 1. The summed E-state index contributed by atoms with van der Waals surface area (Å²) >= 11 is 0. The third-order valence-corrected chi connectivity index (χ3v) is 2.22. The molecule has 0 spiro atoms. The first kappa shape index (κ1) is 17.2. The van der Waals surface area contributed by atoms with Crippen molar-refractivity contribution in [3.8, 4) is 0 Å². The molecule has 0 saturated carbocycles. The van der Waals surface area contributed by atoms with Gasteiger partial charge in [0.15, 0.2) is 6.10 Å². The van der Waals surface area contributed by atoms with E-state index in [-0.39, 0.29) is 29.6 Å². The van der Waals surface area contributed by atoms with Crippen molar-refractivity contribution in [2.75, 3.05) is 6.61 Å². The molecule has 17 heavy (non-hydrogen) atoms. The summed E-state index contributed by atoms with van der Waals surface area (Å²) in [6.45, 7) is 0.230. The number of ether oxygens (including phenoxy) is 2. The van der Waals surface area contributed by atoms with Gasteiger partial charge in [-0.25, -0.2) is 0 Å². The molecule has 0 amide bonds. The minimum absolute atomic E-state index is 0. The zero-order valence-corrected chi connectivity index (χ0v) is 8.48. The van der Waals surface area contributed by atoms with Gasteiger partial charge in [0.25, 0.3) is 0 Å². The van der Waals surface area contributed by atoms with E-state index in [1.165, 1.54) is 0 Å². The maximum atomic E-state index is 10.7. The van der Waals surface area contributed by atoms with E-state index in [9.17, 15) is 25.2 Å². The van der Waals surface area contributed by atoms with E-state index in [2.05, 4.69) is 9.47 Å². The van der Waals surface area contributed by atoms with Crippen LogP contribution in [0.1, 0.15) is 6.92 Å². The van der Waals surface area contributed by atoms with Crippen molar-refractivity contribution < 1.29 is 39.8 Å². The molecule has 8 nitrogen and oxygen atoms in total. The molecular formula is C8H15NaO8. The van der Waals surface area contributed by atoms with Gasteiger partial charge in [0.1, 0.15) is 18.3 Å². The Labute approximate surface area is 119 Å². The van der Waals surface area contributed by atoms with E-state index in [0.29, 0.717) is 0 Å². The number of hydrogen-bond acceptors (Lipinski definition) is 8. The molecule has 1 heterocycles. The van der Waals surface area contributed by atoms with Gasteiger partial charge in [0.05, 0.1) is 6.61 Å². The molecule has 0 radical (unpaired) electrons. The molecule has 0 bridgehead atoms. The predicted molar refractivity (Wildman–Crippen MR) is 53.8 cm³/mol. The van der Waals surface area contributed by atoms with Crippen LogP contribution in [-0.4, -0.2) is 98.1 Å². The first-order valence-electron chi connectivity index (χ1n) is 4.56. The summed E-state index contributed by atoms with van der Waals surface area (Å²) < 4.78 is 8.94. The summed E-state index contributed by atoms with van der Waals surface area (Å²) in [5.74, 6) is -3.74. The van der Waals surface area contributed by atoms with E-state index < -0.39 is 43.0 Å². The van der Waals surface area contributed by atoms with Crippen LogP contribution in [0.5, 0.6) is 0 Å². The summed E-state index contributed by atoms with van der Waals surface area (Å²) in [5.41, 5.74) is 0. The second-order valence-electron chi connectivity index (χ2n) is 3.49. The van der Waals surface area contributed by atoms with E-state index >= 15 is 0 Å². The second-order valence-corrected chi connectivity index (χ2v) is 3.49. The number of aliphatic hydroxyl groups is 5. The quantitative estimate of drug-likeness (QED) is 0.193. The van der Waals surface area contributed by atoms with Gasteiger partial charge >= 0.3 is 41.5 Å². The maximum absolute atomic E-state index is 10.7. The first-order valence-corrected chi connectivity index (χ1v) is 4.56. The Morgan fingerprint density at radius 2 is 1.88 bits per heavy atom. The van der Waals surface area contributed by atoms with Gasteiger partial charge in [-0.1, -0.05) is 0 Å². The van der Waals surface area contributed by atoms with Crippen molar-refractivity contribution in [1.29, 1.82) is 0 Å². The third-order valence-electron chi connectivity index (χ3n) is 2.22. The van der Waals surface area contributed by atoms with E-state index in [4.69, 9.17) is 5.11 Å². The predicted octanol–water partition coefficient (Wildman–Crippen LogP) is -3.98. The van der Waals surface area contributed by atoms with Crippen LogP contribution in [0.4, 0.5) is 0 Å². The minimum atomic E-state index is -2.78. The van der Waals surface area contributed by atoms with Crippen molar-refractivity contribution in [3.63, 3.8) is 0 Å². The number of esters is 1. The molecular weight excluding hydrogens is 247 g/mol. The van der Waals surface area contributed by atoms with Crippen molar-refractivity contribution >= 4 is 35.5 Å². The Kier molecular flexibility index (Phi) is 6.50. The van der Waals surface area contributed by atoms with Crippen LogP contribution in [0.2, 0.25) is 0 Å². The molecule has 5 atom stereocenters. The van der Waals surface area contributed by atoms with Crippen LogP contribution in [0.25, 0.3) is 0 Å². The van der Waals surface area contributed by atoms with Crippen molar-refractivity contribution in [3.05, 3.63) is 0 Å². The zero-order valence-electron chi connectivity index (χ0n) is 8.48. The molecule has 1 aliphatic heterocycles. The molecule has 0 unspecified atom stereocenters. The van der Waals surface area contributed by atoms with Gasteiger partial charge in [-0.15, -0.1) is 0 Å². The molecule has 5 N–H and O–H groups in total. The Morgan fingerprint density at radius 3 is 2.29 bits per heavy atom. The summed E-state index contributed by atoms with van der Waals surface area (Å²) in [4.78, 5) is 10.7. The molecule has 9 heteroatoms. The average Bonchev–Trinajstić information content (AvgIpc) is 2.20. The van der Waals surface area contributed by atoms with Gasteiger partial charge < -0.3 is 35.0 Å².